The second-order valence-corrected chi connectivity index (χ2v) is 4.21. The Kier molecular flexibility index (Phi) is 2.33. The largest absolute Gasteiger partial charge is 0.499 e. The Labute approximate surface area is 87.5 Å². The number of alkyl halides is 2. The van der Waals surface area contributed by atoms with Crippen molar-refractivity contribution in [1.29, 1.82) is 0 Å². The lowest BCUT2D eigenvalue weighted by atomic mass is 10.2. The molecule has 0 aliphatic rings. The number of thiophene rings is 1. The highest BCUT2D eigenvalue weighted by molar-refractivity contribution is 7.20. The minimum absolute atomic E-state index is 0.0223. The number of hydrogen-bond acceptors (Lipinski definition) is 2. The van der Waals surface area contributed by atoms with E-state index in [2.05, 4.69) is 0 Å². The van der Waals surface area contributed by atoms with Crippen molar-refractivity contribution in [2.75, 3.05) is 0 Å². The number of aromatic hydroxyl groups is 1. The Morgan fingerprint density at radius 3 is 2.71 bits per heavy atom. The van der Waals surface area contributed by atoms with E-state index in [4.69, 9.17) is 11.6 Å². The van der Waals surface area contributed by atoms with E-state index < -0.39 is 6.43 Å². The average Bonchev–Trinajstić information content (AvgIpc) is 2.46. The summed E-state index contributed by atoms with van der Waals surface area (Å²) in [5.74, 6) is 0. The van der Waals surface area contributed by atoms with Crippen molar-refractivity contribution in [2.45, 2.75) is 6.43 Å². The van der Waals surface area contributed by atoms with Gasteiger partial charge in [-0.1, -0.05) is 29.0 Å². The molecular formula is C9H5ClF2OS. The lowest BCUT2D eigenvalue weighted by molar-refractivity contribution is 0.151. The van der Waals surface area contributed by atoms with Crippen LogP contribution < -0.4 is 0 Å². The molecule has 2 rings (SSSR count). The molecule has 0 spiro atoms. The van der Waals surface area contributed by atoms with Gasteiger partial charge in [-0.3, -0.25) is 0 Å². The van der Waals surface area contributed by atoms with E-state index in [1.165, 1.54) is 18.2 Å². The molecule has 1 nitrogen and oxygen atoms in total. The first kappa shape index (κ1) is 9.68. The minimum atomic E-state index is -2.59. The Morgan fingerprint density at radius 2 is 2.07 bits per heavy atom. The highest BCUT2D eigenvalue weighted by Crippen LogP contribution is 2.39. The zero-order valence-corrected chi connectivity index (χ0v) is 8.37. The quantitative estimate of drug-likeness (QED) is 0.784. The molecule has 0 bridgehead atoms. The summed E-state index contributed by atoms with van der Waals surface area (Å²) in [6.45, 7) is 0. The summed E-state index contributed by atoms with van der Waals surface area (Å²) >= 11 is 6.88. The minimum Gasteiger partial charge on any atom is -0.499 e. The third kappa shape index (κ3) is 1.44. The van der Waals surface area contributed by atoms with Gasteiger partial charge < -0.3 is 5.11 Å². The Balaban J connectivity index is 2.74. The topological polar surface area (TPSA) is 20.2 Å². The molecule has 0 radical (unpaired) electrons. The van der Waals surface area contributed by atoms with Crippen molar-refractivity contribution < 1.29 is 13.9 Å². The van der Waals surface area contributed by atoms with Gasteiger partial charge in [0.15, 0.2) is 5.06 Å². The first-order valence-corrected chi connectivity index (χ1v) is 4.98. The van der Waals surface area contributed by atoms with Crippen molar-refractivity contribution in [2.24, 2.45) is 0 Å². The smallest absolute Gasteiger partial charge is 0.265 e. The van der Waals surface area contributed by atoms with Gasteiger partial charge in [0.1, 0.15) is 0 Å². The second kappa shape index (κ2) is 3.37. The van der Waals surface area contributed by atoms with E-state index >= 15 is 0 Å². The van der Waals surface area contributed by atoms with Crippen molar-refractivity contribution in [3.05, 3.63) is 28.8 Å². The monoisotopic (exact) mass is 234 g/mol. The Hall–Kier alpha value is -0.870. The van der Waals surface area contributed by atoms with Gasteiger partial charge in [0.2, 0.25) is 0 Å². The third-order valence-electron chi connectivity index (χ3n) is 1.89. The summed E-state index contributed by atoms with van der Waals surface area (Å²) in [7, 11) is 0. The molecule has 0 fully saturated rings. The molecule has 14 heavy (non-hydrogen) atoms. The van der Waals surface area contributed by atoms with E-state index in [0.29, 0.717) is 10.1 Å². The average molecular weight is 235 g/mol. The Bertz CT molecular complexity index is 481. The summed E-state index contributed by atoms with van der Waals surface area (Å²) in [5, 5.41) is 9.76. The molecule has 0 aliphatic heterocycles. The molecule has 0 unspecified atom stereocenters. The summed E-state index contributed by atoms with van der Waals surface area (Å²) in [4.78, 5) is 0. The molecule has 1 aromatic carbocycles. The fourth-order valence-electron chi connectivity index (χ4n) is 1.25. The third-order valence-corrected chi connectivity index (χ3v) is 3.21. The maximum absolute atomic E-state index is 12.4. The summed E-state index contributed by atoms with van der Waals surface area (Å²) in [5.41, 5.74) is -0.197. The number of rotatable bonds is 1. The lowest BCUT2D eigenvalue weighted by Gasteiger charge is -2.02. The van der Waals surface area contributed by atoms with Gasteiger partial charge in [0.05, 0.1) is 5.02 Å². The van der Waals surface area contributed by atoms with Crippen LogP contribution in [0.5, 0.6) is 5.06 Å². The first-order chi connectivity index (χ1) is 6.59. The van der Waals surface area contributed by atoms with E-state index in [1.54, 1.807) is 0 Å². The van der Waals surface area contributed by atoms with Gasteiger partial charge in [0.25, 0.3) is 6.43 Å². The predicted octanol–water partition coefficient (Wildman–Crippen LogP) is 4.20. The van der Waals surface area contributed by atoms with Crippen LogP contribution in [-0.4, -0.2) is 5.11 Å². The van der Waals surface area contributed by atoms with Crippen molar-refractivity contribution in [3.63, 3.8) is 0 Å². The fraction of sp³-hybridized carbons (Fsp3) is 0.111. The van der Waals surface area contributed by atoms with Crippen LogP contribution in [0.2, 0.25) is 5.02 Å². The molecule has 1 N–H and O–H groups in total. The maximum atomic E-state index is 12.4. The van der Waals surface area contributed by atoms with Crippen LogP contribution in [0.1, 0.15) is 12.0 Å². The Morgan fingerprint density at radius 1 is 1.36 bits per heavy atom. The van der Waals surface area contributed by atoms with Crippen LogP contribution >= 0.6 is 22.9 Å². The predicted molar refractivity (Wildman–Crippen MR) is 53.5 cm³/mol. The molecule has 0 amide bonds. The van der Waals surface area contributed by atoms with Gasteiger partial charge in [-0.15, -0.1) is 0 Å². The van der Waals surface area contributed by atoms with Crippen LogP contribution in [0.15, 0.2) is 18.2 Å². The van der Waals surface area contributed by atoms with Crippen molar-refractivity contribution in [1.82, 2.24) is 0 Å². The van der Waals surface area contributed by atoms with E-state index in [1.807, 2.05) is 0 Å². The lowest BCUT2D eigenvalue weighted by Crippen LogP contribution is -1.84. The van der Waals surface area contributed by atoms with Crippen molar-refractivity contribution >= 4 is 33.0 Å². The summed E-state index contributed by atoms with van der Waals surface area (Å²) < 4.78 is 25.5. The number of hydrogen-bond donors (Lipinski definition) is 1. The normalized spacial score (nSPS) is 11.4. The first-order valence-electron chi connectivity index (χ1n) is 3.78. The second-order valence-electron chi connectivity index (χ2n) is 2.77. The van der Waals surface area contributed by atoms with Gasteiger partial charge in [0, 0.05) is 21.7 Å². The maximum Gasteiger partial charge on any atom is 0.265 e. The van der Waals surface area contributed by atoms with Gasteiger partial charge in [-0.2, -0.15) is 0 Å². The molecule has 74 valence electrons. The molecule has 0 atom stereocenters. The van der Waals surface area contributed by atoms with Gasteiger partial charge in [-0.25, -0.2) is 8.78 Å². The zero-order chi connectivity index (χ0) is 10.3. The molecule has 1 aromatic heterocycles. The number of halogens is 3. The van der Waals surface area contributed by atoms with E-state index in [-0.39, 0.29) is 15.6 Å². The number of fused-ring (bicyclic) bond motifs is 1. The van der Waals surface area contributed by atoms with Crippen LogP contribution in [0.3, 0.4) is 0 Å². The molecule has 2 aromatic rings. The fourth-order valence-corrected chi connectivity index (χ4v) is 2.42. The molecule has 5 heteroatoms. The standard InChI is InChI=1S/C9H5ClF2OS/c10-8-4(9(11)12)1-2-6-5(8)3-7(13)14-6/h1-3,9,13H. The number of benzene rings is 1. The van der Waals surface area contributed by atoms with Gasteiger partial charge >= 0.3 is 0 Å². The van der Waals surface area contributed by atoms with Crippen LogP contribution in [-0.2, 0) is 0 Å². The van der Waals surface area contributed by atoms with Crippen LogP contribution in [0, 0.1) is 0 Å². The summed E-state index contributed by atoms with van der Waals surface area (Å²) in [6, 6.07) is 4.21. The highest BCUT2D eigenvalue weighted by Gasteiger charge is 2.15. The highest BCUT2D eigenvalue weighted by atomic mass is 35.5. The van der Waals surface area contributed by atoms with Crippen molar-refractivity contribution in [3.8, 4) is 5.06 Å². The van der Waals surface area contributed by atoms with Crippen LogP contribution in [0.25, 0.3) is 10.1 Å². The molecule has 1 heterocycles. The summed E-state index contributed by atoms with van der Waals surface area (Å²) in [6.07, 6.45) is -2.59. The van der Waals surface area contributed by atoms with E-state index in [0.717, 1.165) is 11.3 Å². The van der Waals surface area contributed by atoms with Crippen LogP contribution in [0.4, 0.5) is 8.78 Å². The molecule has 0 aliphatic carbocycles. The zero-order valence-electron chi connectivity index (χ0n) is 6.80. The molecular weight excluding hydrogens is 230 g/mol. The molecule has 0 saturated heterocycles. The molecule has 0 saturated carbocycles. The SMILES string of the molecule is Oc1cc2c(Cl)c(C(F)F)ccc2s1. The van der Waals surface area contributed by atoms with Gasteiger partial charge in [-0.05, 0) is 6.07 Å². The van der Waals surface area contributed by atoms with E-state index in [9.17, 15) is 13.9 Å².